The number of alkyl halides is 2. The van der Waals surface area contributed by atoms with E-state index in [2.05, 4.69) is 15.9 Å². The second-order valence-corrected chi connectivity index (χ2v) is 8.65. The van der Waals surface area contributed by atoms with Crippen molar-refractivity contribution in [3.8, 4) is 0 Å². The van der Waals surface area contributed by atoms with Gasteiger partial charge in [0.15, 0.2) is 9.84 Å². The first-order chi connectivity index (χ1) is 7.16. The van der Waals surface area contributed by atoms with Crippen molar-refractivity contribution < 1.29 is 13.5 Å². The highest BCUT2D eigenvalue weighted by molar-refractivity contribution is 9.12. The number of hydrogen-bond acceptors (Lipinski definition) is 4. The Morgan fingerprint density at radius 1 is 1.56 bits per heavy atom. The summed E-state index contributed by atoms with van der Waals surface area (Å²) in [5.74, 6) is 0. The number of benzene rings is 1. The third kappa shape index (κ3) is 2.68. The lowest BCUT2D eigenvalue weighted by Crippen LogP contribution is -2.32. The third-order valence-electron chi connectivity index (χ3n) is 2.04. The van der Waals surface area contributed by atoms with E-state index in [4.69, 9.17) is 17.3 Å². The molecular weight excluding hydrogens is 318 g/mol. The summed E-state index contributed by atoms with van der Waals surface area (Å²) < 4.78 is 20.8. The van der Waals surface area contributed by atoms with Crippen molar-refractivity contribution in [2.75, 3.05) is 12.0 Å². The van der Waals surface area contributed by atoms with E-state index in [1.165, 1.54) is 6.07 Å². The van der Waals surface area contributed by atoms with Crippen LogP contribution in [0.5, 0.6) is 0 Å². The highest BCUT2D eigenvalue weighted by atomic mass is 79.9. The molecule has 90 valence electrons. The number of rotatable bonds is 3. The van der Waals surface area contributed by atoms with Crippen LogP contribution >= 0.6 is 27.5 Å². The average Bonchev–Trinajstić information content (AvgIpc) is 2.14. The van der Waals surface area contributed by atoms with Crippen molar-refractivity contribution in [2.24, 2.45) is 0 Å². The summed E-state index contributed by atoms with van der Waals surface area (Å²) in [5, 5.41) is 9.89. The third-order valence-corrected chi connectivity index (χ3v) is 6.50. The minimum Gasteiger partial charge on any atom is -0.399 e. The van der Waals surface area contributed by atoms with Crippen LogP contribution in [0.4, 0.5) is 5.69 Å². The highest BCUT2D eigenvalue weighted by Crippen LogP contribution is 2.42. The van der Waals surface area contributed by atoms with Crippen LogP contribution in [0, 0.1) is 0 Å². The van der Waals surface area contributed by atoms with Crippen molar-refractivity contribution in [1.82, 2.24) is 0 Å². The molecule has 0 aromatic heterocycles. The molecule has 0 radical (unpaired) electrons. The van der Waals surface area contributed by atoms with Gasteiger partial charge in [-0.05, 0) is 33.6 Å². The first kappa shape index (κ1) is 13.8. The molecule has 0 aliphatic carbocycles. The quantitative estimate of drug-likeness (QED) is 0.653. The average molecular weight is 329 g/mol. The Labute approximate surface area is 107 Å². The molecule has 4 nitrogen and oxygen atoms in total. The van der Waals surface area contributed by atoms with Gasteiger partial charge in [-0.1, -0.05) is 23.7 Å². The van der Waals surface area contributed by atoms with Crippen molar-refractivity contribution in [1.29, 1.82) is 0 Å². The number of sulfone groups is 1. The minimum absolute atomic E-state index is 0.331. The second kappa shape index (κ2) is 4.52. The summed E-state index contributed by atoms with van der Waals surface area (Å²) in [6, 6.07) is 6.25. The van der Waals surface area contributed by atoms with Gasteiger partial charge in [0, 0.05) is 11.9 Å². The molecule has 2 atom stereocenters. The van der Waals surface area contributed by atoms with E-state index in [1.807, 2.05) is 0 Å². The number of halogens is 2. The predicted molar refractivity (Wildman–Crippen MR) is 68.2 cm³/mol. The maximum atomic E-state index is 11.4. The van der Waals surface area contributed by atoms with Crippen molar-refractivity contribution in [2.45, 2.75) is 9.22 Å². The van der Waals surface area contributed by atoms with Gasteiger partial charge in [0.05, 0.1) is 0 Å². The monoisotopic (exact) mass is 327 g/mol. The molecule has 0 saturated heterocycles. The fraction of sp³-hybridized carbons (Fsp3) is 0.333. The zero-order valence-corrected chi connectivity index (χ0v) is 11.6. The van der Waals surface area contributed by atoms with E-state index >= 15 is 0 Å². The molecule has 0 fully saturated rings. The minimum atomic E-state index is -3.67. The fourth-order valence-corrected chi connectivity index (χ4v) is 2.06. The number of hydrogen-bond donors (Lipinski definition) is 2. The molecule has 0 aliphatic rings. The van der Waals surface area contributed by atoms with Gasteiger partial charge in [-0.2, -0.15) is 0 Å². The van der Waals surface area contributed by atoms with Crippen LogP contribution < -0.4 is 5.73 Å². The van der Waals surface area contributed by atoms with Crippen molar-refractivity contribution in [3.63, 3.8) is 0 Å². The summed E-state index contributed by atoms with van der Waals surface area (Å²) in [4.78, 5) is 0. The van der Waals surface area contributed by atoms with E-state index < -0.39 is 19.1 Å². The van der Waals surface area contributed by atoms with Crippen LogP contribution in [0.25, 0.3) is 0 Å². The molecule has 16 heavy (non-hydrogen) atoms. The van der Waals surface area contributed by atoms with Gasteiger partial charge in [-0.25, -0.2) is 8.42 Å². The van der Waals surface area contributed by atoms with Crippen LogP contribution in [0.2, 0.25) is 0 Å². The molecule has 1 aromatic carbocycles. The molecule has 0 bridgehead atoms. The Hall–Kier alpha value is -0.300. The predicted octanol–water partition coefficient (Wildman–Crippen LogP) is 1.63. The molecule has 7 heteroatoms. The zero-order chi connectivity index (χ0) is 12.6. The smallest absolute Gasteiger partial charge is 0.228 e. The number of nitrogens with two attached hydrogens (primary N) is 1. The number of anilines is 1. The Morgan fingerprint density at radius 3 is 2.56 bits per heavy atom. The Morgan fingerprint density at radius 2 is 2.12 bits per heavy atom. The normalized spacial score (nSPS) is 17.8. The Balaban J connectivity index is 3.17. The molecule has 1 aromatic rings. The van der Waals surface area contributed by atoms with Gasteiger partial charge in [0.1, 0.15) is 6.10 Å². The largest absolute Gasteiger partial charge is 0.399 e. The number of nitrogen functional groups attached to an aromatic ring is 1. The first-order valence-electron chi connectivity index (χ1n) is 4.27. The van der Waals surface area contributed by atoms with Gasteiger partial charge < -0.3 is 10.8 Å². The van der Waals surface area contributed by atoms with Crippen LogP contribution in [0.1, 0.15) is 11.7 Å². The summed E-state index contributed by atoms with van der Waals surface area (Å²) in [7, 11) is -3.67. The van der Waals surface area contributed by atoms with Gasteiger partial charge in [0.2, 0.25) is 3.12 Å². The summed E-state index contributed by atoms with van der Waals surface area (Å²) in [6.45, 7) is 0. The van der Waals surface area contributed by atoms with E-state index in [1.54, 1.807) is 18.2 Å². The Kier molecular flexibility index (Phi) is 3.89. The second-order valence-electron chi connectivity index (χ2n) is 3.41. The molecule has 3 N–H and O–H groups in total. The van der Waals surface area contributed by atoms with Gasteiger partial charge >= 0.3 is 0 Å². The highest BCUT2D eigenvalue weighted by Gasteiger charge is 2.44. The molecule has 0 amide bonds. The molecule has 0 aliphatic heterocycles. The van der Waals surface area contributed by atoms with E-state index in [0.29, 0.717) is 11.3 Å². The molecular formula is C9H11BrClNO3S. The van der Waals surface area contributed by atoms with Crippen LogP contribution in [0.3, 0.4) is 0 Å². The molecule has 0 unspecified atom stereocenters. The van der Waals surface area contributed by atoms with Gasteiger partial charge in [0.25, 0.3) is 0 Å². The van der Waals surface area contributed by atoms with Crippen molar-refractivity contribution in [3.05, 3.63) is 29.8 Å². The van der Waals surface area contributed by atoms with Crippen molar-refractivity contribution >= 4 is 43.1 Å². The lowest BCUT2D eigenvalue weighted by atomic mass is 10.1. The van der Waals surface area contributed by atoms with E-state index in [9.17, 15) is 13.5 Å². The lowest BCUT2D eigenvalue weighted by molar-refractivity contribution is 0.185. The first-order valence-corrected chi connectivity index (χ1v) is 7.33. The SMILES string of the molecule is CS(=O)(=O)[C@](Cl)(Br)[C@H](O)c1cccc(N)c1. The molecule has 0 saturated carbocycles. The van der Waals surface area contributed by atoms with Crippen LogP contribution in [-0.4, -0.2) is 22.9 Å². The topological polar surface area (TPSA) is 80.4 Å². The molecule has 0 heterocycles. The van der Waals surface area contributed by atoms with E-state index in [0.717, 1.165) is 6.26 Å². The number of aliphatic hydroxyl groups excluding tert-OH is 1. The molecule has 1 rings (SSSR count). The molecule has 0 spiro atoms. The van der Waals surface area contributed by atoms with Crippen LogP contribution in [0.15, 0.2) is 24.3 Å². The standard InChI is InChI=1S/C9H11BrClNO3S/c1-16(14,15)9(10,11)8(13)6-3-2-4-7(12)5-6/h2-5,8,13H,12H2,1H3/t8-,9+/m1/s1. The van der Waals surface area contributed by atoms with Crippen LogP contribution in [-0.2, 0) is 9.84 Å². The maximum Gasteiger partial charge on any atom is 0.228 e. The summed E-state index contributed by atoms with van der Waals surface area (Å²) in [5.41, 5.74) is 6.28. The lowest BCUT2D eigenvalue weighted by Gasteiger charge is -2.24. The zero-order valence-electron chi connectivity index (χ0n) is 8.39. The maximum absolute atomic E-state index is 11.4. The van der Waals surface area contributed by atoms with E-state index in [-0.39, 0.29) is 0 Å². The fourth-order valence-electron chi connectivity index (χ4n) is 1.13. The summed E-state index contributed by atoms with van der Waals surface area (Å²) >= 11 is 8.60. The Bertz CT molecular complexity index is 489. The number of aliphatic hydroxyl groups is 1. The van der Waals surface area contributed by atoms with Gasteiger partial charge in [-0.3, -0.25) is 0 Å². The summed E-state index contributed by atoms with van der Waals surface area (Å²) in [6.07, 6.45) is -0.475. The van der Waals surface area contributed by atoms with Gasteiger partial charge in [-0.15, -0.1) is 0 Å².